The third-order valence-corrected chi connectivity index (χ3v) is 6.22. The van der Waals surface area contributed by atoms with Gasteiger partial charge in [-0.25, -0.2) is 4.79 Å². The van der Waals surface area contributed by atoms with Crippen LogP contribution in [0.15, 0.2) is 73.4 Å². The smallest absolute Gasteiger partial charge is 0.330 e. The van der Waals surface area contributed by atoms with E-state index in [9.17, 15) is 9.59 Å². The maximum Gasteiger partial charge on any atom is 0.330 e. The van der Waals surface area contributed by atoms with Crippen LogP contribution >= 0.6 is 0 Å². The highest BCUT2D eigenvalue weighted by Gasteiger charge is 1.96. The Kier molecular flexibility index (Phi) is 25.1. The summed E-state index contributed by atoms with van der Waals surface area (Å²) in [5.41, 5.74) is 6.91. The van der Waals surface area contributed by atoms with Crippen LogP contribution < -0.4 is 5.73 Å². The molecule has 0 saturated heterocycles. The highest BCUT2D eigenvalue weighted by atomic mass is 16.5. The second-order valence-corrected chi connectivity index (χ2v) is 9.67. The molecule has 0 aromatic heterocycles. The van der Waals surface area contributed by atoms with Gasteiger partial charge < -0.3 is 10.5 Å². The molecule has 1 aromatic carbocycles. The molecule has 0 heterocycles. The van der Waals surface area contributed by atoms with Crippen LogP contribution in [0.25, 0.3) is 6.08 Å². The second-order valence-electron chi connectivity index (χ2n) is 9.67. The van der Waals surface area contributed by atoms with Crippen molar-refractivity contribution in [2.45, 2.75) is 110 Å². The number of unbranched alkanes of at least 4 members (excludes halogenated alkanes) is 15. The summed E-state index contributed by atoms with van der Waals surface area (Å²) in [6.07, 6.45) is 29.5. The minimum absolute atomic E-state index is 0.300. The standard InChI is InChI=1S/C21H40O2.C13H13NO/c1-3-5-6-7-8-9-10-11-12-13-14-15-16-17-18-19-20-23-21(22)4-2;1-2-11(8-9-13(14)15)10-12-6-4-3-5-7-12/h4H,2-3,5-20H2,1H3;2-10H,1H2,(H2,14,15). The number of esters is 1. The van der Waals surface area contributed by atoms with E-state index in [4.69, 9.17) is 10.5 Å². The van der Waals surface area contributed by atoms with Crippen molar-refractivity contribution in [3.8, 4) is 0 Å². The SMILES string of the molecule is C=CC(=O)OCCCCCCCCCCCCCCCCCC.C=CC(C=CC(N)=O)=Cc1ccccc1. The van der Waals surface area contributed by atoms with Crippen LogP contribution in [0.1, 0.15) is 115 Å². The Morgan fingerprint density at radius 3 is 1.61 bits per heavy atom. The number of benzene rings is 1. The van der Waals surface area contributed by atoms with Gasteiger partial charge >= 0.3 is 5.97 Å². The van der Waals surface area contributed by atoms with Gasteiger partial charge in [-0.05, 0) is 29.7 Å². The summed E-state index contributed by atoms with van der Waals surface area (Å²) >= 11 is 0. The molecule has 0 spiro atoms. The van der Waals surface area contributed by atoms with Crippen LogP contribution in [-0.4, -0.2) is 18.5 Å². The molecule has 0 aliphatic carbocycles. The van der Waals surface area contributed by atoms with Gasteiger partial charge in [0.2, 0.25) is 5.91 Å². The van der Waals surface area contributed by atoms with E-state index in [-0.39, 0.29) is 5.97 Å². The number of primary amides is 1. The van der Waals surface area contributed by atoms with Crippen molar-refractivity contribution in [1.82, 2.24) is 0 Å². The Bertz CT molecular complexity index is 795. The minimum atomic E-state index is -0.462. The van der Waals surface area contributed by atoms with E-state index in [0.29, 0.717) is 6.61 Å². The molecule has 0 radical (unpaired) electrons. The molecule has 0 bridgehead atoms. The fraction of sp³-hybridized carbons (Fsp3) is 0.529. The molecule has 2 N–H and O–H groups in total. The van der Waals surface area contributed by atoms with Gasteiger partial charge in [0.05, 0.1) is 6.61 Å². The second kappa shape index (κ2) is 27.2. The largest absolute Gasteiger partial charge is 0.463 e. The molecule has 1 aromatic rings. The highest BCUT2D eigenvalue weighted by Crippen LogP contribution is 2.13. The van der Waals surface area contributed by atoms with Crippen molar-refractivity contribution in [1.29, 1.82) is 0 Å². The highest BCUT2D eigenvalue weighted by molar-refractivity contribution is 5.86. The molecular formula is C34H53NO3. The average Bonchev–Trinajstić information content (AvgIpc) is 2.93. The molecule has 1 amide bonds. The third-order valence-electron chi connectivity index (χ3n) is 6.22. The minimum Gasteiger partial charge on any atom is -0.463 e. The lowest BCUT2D eigenvalue weighted by Crippen LogP contribution is -2.05. The van der Waals surface area contributed by atoms with Crippen molar-refractivity contribution in [2.24, 2.45) is 5.73 Å². The van der Waals surface area contributed by atoms with Crippen LogP contribution in [0, 0.1) is 0 Å². The predicted molar refractivity (Wildman–Crippen MR) is 164 cm³/mol. The van der Waals surface area contributed by atoms with Crippen molar-refractivity contribution in [3.63, 3.8) is 0 Å². The van der Waals surface area contributed by atoms with Gasteiger partial charge in [0.25, 0.3) is 0 Å². The van der Waals surface area contributed by atoms with Gasteiger partial charge in [-0.15, -0.1) is 0 Å². The monoisotopic (exact) mass is 523 g/mol. The number of nitrogens with two attached hydrogens (primary N) is 1. The van der Waals surface area contributed by atoms with E-state index in [0.717, 1.165) is 17.6 Å². The molecular weight excluding hydrogens is 470 g/mol. The van der Waals surface area contributed by atoms with E-state index in [1.165, 1.54) is 108 Å². The lowest BCUT2D eigenvalue weighted by molar-refractivity contribution is -0.137. The van der Waals surface area contributed by atoms with Crippen LogP contribution in [0.5, 0.6) is 0 Å². The van der Waals surface area contributed by atoms with Gasteiger partial charge in [0.1, 0.15) is 0 Å². The van der Waals surface area contributed by atoms with E-state index in [1.54, 1.807) is 12.2 Å². The molecule has 0 saturated carbocycles. The van der Waals surface area contributed by atoms with Crippen LogP contribution in [0.4, 0.5) is 0 Å². The Balaban J connectivity index is 0.000000784. The summed E-state index contributed by atoms with van der Waals surface area (Å²) in [6, 6.07) is 9.79. The lowest BCUT2D eigenvalue weighted by atomic mass is 10.0. The summed E-state index contributed by atoms with van der Waals surface area (Å²) in [7, 11) is 0. The average molecular weight is 524 g/mol. The molecule has 212 valence electrons. The fourth-order valence-electron chi connectivity index (χ4n) is 3.98. The molecule has 0 fully saturated rings. The zero-order valence-corrected chi connectivity index (χ0v) is 24.0. The van der Waals surface area contributed by atoms with Gasteiger partial charge in [0.15, 0.2) is 0 Å². The normalized spacial score (nSPS) is 11.0. The summed E-state index contributed by atoms with van der Waals surface area (Å²) < 4.78 is 4.95. The van der Waals surface area contributed by atoms with Crippen molar-refractivity contribution >= 4 is 18.0 Å². The number of hydrogen-bond acceptors (Lipinski definition) is 3. The maximum atomic E-state index is 10.8. The first-order valence-electron chi connectivity index (χ1n) is 14.7. The van der Waals surface area contributed by atoms with E-state index in [2.05, 4.69) is 20.1 Å². The molecule has 38 heavy (non-hydrogen) atoms. The molecule has 4 nitrogen and oxygen atoms in total. The predicted octanol–water partition coefficient (Wildman–Crippen LogP) is 9.27. The zero-order chi connectivity index (χ0) is 28.1. The molecule has 0 atom stereocenters. The van der Waals surface area contributed by atoms with Gasteiger partial charge in [0, 0.05) is 12.2 Å². The maximum absolute atomic E-state index is 10.8. The van der Waals surface area contributed by atoms with Crippen molar-refractivity contribution in [3.05, 3.63) is 78.9 Å². The summed E-state index contributed by atoms with van der Waals surface area (Å²) in [6.45, 7) is 9.87. The summed E-state index contributed by atoms with van der Waals surface area (Å²) in [4.78, 5) is 21.4. The van der Waals surface area contributed by atoms with Gasteiger partial charge in [-0.1, -0.05) is 153 Å². The van der Waals surface area contributed by atoms with E-state index in [1.807, 2.05) is 36.4 Å². The zero-order valence-electron chi connectivity index (χ0n) is 24.0. The van der Waals surface area contributed by atoms with Crippen LogP contribution in [0.2, 0.25) is 0 Å². The Labute approximate surface area is 233 Å². The van der Waals surface area contributed by atoms with E-state index < -0.39 is 5.91 Å². The number of allylic oxidation sites excluding steroid dienone is 3. The topological polar surface area (TPSA) is 69.4 Å². The first kappa shape index (κ1) is 35.1. The number of rotatable bonds is 22. The number of carbonyl (C=O) groups is 2. The first-order chi connectivity index (χ1) is 18.5. The number of ether oxygens (including phenoxy) is 1. The van der Waals surface area contributed by atoms with Crippen molar-refractivity contribution in [2.75, 3.05) is 6.61 Å². The Morgan fingerprint density at radius 1 is 0.711 bits per heavy atom. The Hall–Kier alpha value is -2.88. The van der Waals surface area contributed by atoms with Crippen LogP contribution in [0.3, 0.4) is 0 Å². The van der Waals surface area contributed by atoms with Crippen LogP contribution in [-0.2, 0) is 14.3 Å². The fourth-order valence-corrected chi connectivity index (χ4v) is 3.98. The quantitative estimate of drug-likeness (QED) is 0.0712. The summed E-state index contributed by atoms with van der Waals surface area (Å²) in [5, 5.41) is 0. The van der Waals surface area contributed by atoms with Gasteiger partial charge in [-0.3, -0.25) is 4.79 Å². The van der Waals surface area contributed by atoms with Crippen molar-refractivity contribution < 1.29 is 14.3 Å². The first-order valence-corrected chi connectivity index (χ1v) is 14.7. The van der Waals surface area contributed by atoms with Gasteiger partial charge in [-0.2, -0.15) is 0 Å². The number of amides is 1. The van der Waals surface area contributed by atoms with E-state index >= 15 is 0 Å². The Morgan fingerprint density at radius 2 is 1.18 bits per heavy atom. The molecule has 0 aliphatic rings. The number of carbonyl (C=O) groups excluding carboxylic acids is 2. The molecule has 4 heteroatoms. The molecule has 0 aliphatic heterocycles. The summed E-state index contributed by atoms with van der Waals surface area (Å²) in [5.74, 6) is -0.762. The third kappa shape index (κ3) is 24.8. The number of hydrogen-bond donors (Lipinski definition) is 1. The molecule has 0 unspecified atom stereocenters. The molecule has 1 rings (SSSR count). The lowest BCUT2D eigenvalue weighted by Gasteiger charge is -2.04.